The summed E-state index contributed by atoms with van der Waals surface area (Å²) in [4.78, 5) is 52.6. The highest BCUT2D eigenvalue weighted by atomic mass is 32.1. The smallest absolute Gasteiger partial charge is 0.335 e. The molecule has 5 aromatic rings. The lowest BCUT2D eigenvalue weighted by Crippen LogP contribution is -2.57. The van der Waals surface area contributed by atoms with E-state index < -0.39 is 41.2 Å². The Morgan fingerprint density at radius 2 is 1.00 bits per heavy atom. The fourth-order valence-electron chi connectivity index (χ4n) is 5.77. The van der Waals surface area contributed by atoms with Crippen LogP contribution in [0.2, 0.25) is 0 Å². The van der Waals surface area contributed by atoms with Gasteiger partial charge in [0.25, 0.3) is 0 Å². The zero-order valence-corrected chi connectivity index (χ0v) is 29.4. The van der Waals surface area contributed by atoms with Gasteiger partial charge in [0.15, 0.2) is 0 Å². The highest BCUT2D eigenvalue weighted by molar-refractivity contribution is 7.81. The van der Waals surface area contributed by atoms with E-state index in [0.29, 0.717) is 0 Å². The van der Waals surface area contributed by atoms with Gasteiger partial charge in [-0.05, 0) is 51.9 Å². The average Bonchev–Trinajstić information content (AvgIpc) is 3.17. The van der Waals surface area contributed by atoms with Gasteiger partial charge in [0.1, 0.15) is 12.1 Å². The highest BCUT2D eigenvalue weighted by Crippen LogP contribution is 2.20. The minimum atomic E-state index is -1.06. The topological polar surface area (TPSA) is 151 Å². The van der Waals surface area contributed by atoms with Crippen molar-refractivity contribution in [2.45, 2.75) is 56.6 Å². The summed E-state index contributed by atoms with van der Waals surface area (Å²) in [5, 5.41) is 16.9. The van der Waals surface area contributed by atoms with E-state index in [0.717, 1.165) is 33.4 Å². The molecule has 0 heterocycles. The summed E-state index contributed by atoms with van der Waals surface area (Å²) < 4.78 is 0. The summed E-state index contributed by atoms with van der Waals surface area (Å²) in [6, 6.07) is 40.0. The Bertz CT molecular complexity index is 1930. The van der Waals surface area contributed by atoms with Gasteiger partial charge < -0.3 is 26.8 Å². The predicted octanol–water partition coefficient (Wildman–Crippen LogP) is 5.87. The van der Waals surface area contributed by atoms with Crippen molar-refractivity contribution in [3.63, 3.8) is 0 Å². The monoisotopic (exact) mass is 733 g/mol. The molecule has 0 saturated carbocycles. The molecule has 5 aromatic carbocycles. The number of thiol groups is 1. The van der Waals surface area contributed by atoms with Crippen molar-refractivity contribution in [3.8, 4) is 11.1 Å². The second kappa shape index (κ2) is 19.8. The van der Waals surface area contributed by atoms with Crippen molar-refractivity contribution in [3.05, 3.63) is 167 Å². The van der Waals surface area contributed by atoms with E-state index in [-0.39, 0.29) is 46.1 Å². The molecular formula is C43H48N4O5S. The van der Waals surface area contributed by atoms with Gasteiger partial charge in [-0.3, -0.25) is 14.4 Å². The first-order chi connectivity index (χ1) is 25.2. The quantitative estimate of drug-likeness (QED) is 0.0699. The Hall–Kier alpha value is -5.71. The second-order valence-electron chi connectivity index (χ2n) is 12.6. The van der Waals surface area contributed by atoms with Gasteiger partial charge in [-0.1, -0.05) is 135 Å². The molecule has 0 fully saturated rings. The van der Waals surface area contributed by atoms with Crippen LogP contribution >= 0.6 is 12.6 Å². The number of carbonyl (C=O) groups is 4. The molecule has 53 heavy (non-hydrogen) atoms. The summed E-state index contributed by atoms with van der Waals surface area (Å²) in [5.41, 5.74) is 11.9. The van der Waals surface area contributed by atoms with Gasteiger partial charge in [0, 0.05) is 26.9 Å². The van der Waals surface area contributed by atoms with Gasteiger partial charge in [-0.2, -0.15) is 12.6 Å². The van der Waals surface area contributed by atoms with Crippen LogP contribution in [0.4, 0.5) is 0 Å². The lowest BCUT2D eigenvalue weighted by molar-refractivity contribution is -0.132. The Morgan fingerprint density at radius 3 is 1.57 bits per heavy atom. The molecule has 10 heteroatoms. The van der Waals surface area contributed by atoms with Crippen molar-refractivity contribution in [2.75, 3.05) is 0 Å². The number of carbonyl (C=O) groups excluding carboxylic acids is 3. The first kappa shape index (κ1) is 40.1. The molecule has 0 bridgehead atoms. The summed E-state index contributed by atoms with van der Waals surface area (Å²) in [7, 11) is 0. The minimum Gasteiger partial charge on any atom is -0.478 e. The van der Waals surface area contributed by atoms with Gasteiger partial charge in [-0.15, -0.1) is 0 Å². The molecule has 6 N–H and O–H groups in total. The SMILES string of the molecule is C.N[C@@H](Cc1ccc(C(=O)O)cc1)[C@H](S)C(=O)NC(Cc1ccc(-c2ccccc2)cc1)C(=O)NC(Cc1ccccc1)C(=O)NCc1ccccc1.[2HH]. The largest absolute Gasteiger partial charge is 0.478 e. The van der Waals surface area contributed by atoms with E-state index in [2.05, 4.69) is 28.6 Å². The maximum Gasteiger partial charge on any atom is 0.335 e. The number of carboxylic acid groups (broad SMARTS) is 1. The zero-order chi connectivity index (χ0) is 36.9. The fraction of sp³-hybridized carbons (Fsp3) is 0.209. The Morgan fingerprint density at radius 1 is 0.566 bits per heavy atom. The lowest BCUT2D eigenvalue weighted by Gasteiger charge is -2.26. The molecule has 3 amide bonds. The first-order valence-corrected chi connectivity index (χ1v) is 17.5. The van der Waals surface area contributed by atoms with Crippen LogP contribution in [0.5, 0.6) is 0 Å². The van der Waals surface area contributed by atoms with Crippen molar-refractivity contribution in [2.24, 2.45) is 5.73 Å². The number of aromatic carboxylic acids is 1. The lowest BCUT2D eigenvalue weighted by atomic mass is 9.98. The van der Waals surface area contributed by atoms with Gasteiger partial charge in [-0.25, -0.2) is 4.79 Å². The molecule has 0 radical (unpaired) electrons. The molecular weight excluding hydrogens is 685 g/mol. The van der Waals surface area contributed by atoms with E-state index >= 15 is 0 Å². The van der Waals surface area contributed by atoms with Crippen molar-refractivity contribution in [1.29, 1.82) is 0 Å². The summed E-state index contributed by atoms with van der Waals surface area (Å²) >= 11 is 4.53. The number of amides is 3. The summed E-state index contributed by atoms with van der Waals surface area (Å²) in [6.45, 7) is 0.285. The molecule has 276 valence electrons. The second-order valence-corrected chi connectivity index (χ2v) is 13.2. The third-order valence-corrected chi connectivity index (χ3v) is 9.32. The average molecular weight is 734 g/mol. The fourth-order valence-corrected chi connectivity index (χ4v) is 5.95. The van der Waals surface area contributed by atoms with Crippen LogP contribution in [-0.2, 0) is 40.2 Å². The zero-order valence-electron chi connectivity index (χ0n) is 28.5. The third-order valence-electron chi connectivity index (χ3n) is 8.71. The predicted molar refractivity (Wildman–Crippen MR) is 215 cm³/mol. The van der Waals surface area contributed by atoms with Gasteiger partial charge in [0.2, 0.25) is 17.7 Å². The van der Waals surface area contributed by atoms with Gasteiger partial charge in [0.05, 0.1) is 10.8 Å². The minimum absolute atomic E-state index is 0. The number of hydrogen-bond acceptors (Lipinski definition) is 6. The van der Waals surface area contributed by atoms with Crippen LogP contribution < -0.4 is 21.7 Å². The van der Waals surface area contributed by atoms with E-state index in [9.17, 15) is 24.3 Å². The van der Waals surface area contributed by atoms with E-state index in [4.69, 9.17) is 5.73 Å². The number of hydrogen-bond donors (Lipinski definition) is 6. The molecule has 9 nitrogen and oxygen atoms in total. The standard InChI is InChI=1S/C42H42N4O5S.CH4.H2/c43-35(24-29-18-22-34(23-19-29)42(50)51)38(52)41(49)46-37(26-30-16-20-33(21-17-30)32-14-8-3-9-15-32)40(48)45-36(25-28-10-4-1-5-11-28)39(47)44-27-31-12-6-2-7-13-31;;/h1-23,35-38,52H,24-27,43H2,(H,44,47)(H,45,48)(H,46,49)(H,50,51);1H4;1H/t35-,36?,37?,38-;;/m0../s1/i;;1+1. The molecule has 0 saturated heterocycles. The van der Waals surface area contributed by atoms with Crippen LogP contribution in [0.3, 0.4) is 0 Å². The first-order valence-electron chi connectivity index (χ1n) is 17.0. The van der Waals surface area contributed by atoms with Crippen LogP contribution in [-0.4, -0.2) is 52.2 Å². The van der Waals surface area contributed by atoms with Gasteiger partial charge >= 0.3 is 5.97 Å². The van der Waals surface area contributed by atoms with Crippen molar-refractivity contribution < 1.29 is 25.7 Å². The maximum absolute atomic E-state index is 14.1. The number of nitrogens with one attached hydrogen (secondary N) is 3. The Balaban J connectivity index is 0.00000392. The molecule has 0 aliphatic carbocycles. The molecule has 0 aliphatic rings. The summed E-state index contributed by atoms with van der Waals surface area (Å²) in [6.07, 6.45) is 0.628. The third kappa shape index (κ3) is 11.9. The van der Waals surface area contributed by atoms with Crippen LogP contribution in [0.1, 0.15) is 41.5 Å². The number of carboxylic acids is 1. The van der Waals surface area contributed by atoms with Crippen LogP contribution in [0.25, 0.3) is 11.1 Å². The number of benzene rings is 5. The van der Waals surface area contributed by atoms with Crippen molar-refractivity contribution >= 4 is 36.3 Å². The number of rotatable bonds is 16. The molecule has 2 unspecified atom stereocenters. The highest BCUT2D eigenvalue weighted by Gasteiger charge is 2.30. The number of nitrogens with two attached hydrogens (primary N) is 1. The van der Waals surface area contributed by atoms with E-state index in [1.54, 1.807) is 12.1 Å². The Labute approximate surface area is 317 Å². The molecule has 5 rings (SSSR count). The Kier molecular flexibility index (Phi) is 15.0. The van der Waals surface area contributed by atoms with Crippen LogP contribution in [0.15, 0.2) is 140 Å². The van der Waals surface area contributed by atoms with Crippen molar-refractivity contribution in [1.82, 2.24) is 16.0 Å². The molecule has 4 atom stereocenters. The maximum atomic E-state index is 14.1. The normalized spacial score (nSPS) is 12.9. The van der Waals surface area contributed by atoms with E-state index in [1.165, 1.54) is 12.1 Å². The van der Waals surface area contributed by atoms with E-state index in [1.807, 2.05) is 115 Å². The summed E-state index contributed by atoms with van der Waals surface area (Å²) in [5.74, 6) is -2.48. The molecule has 0 spiro atoms. The molecule has 0 aliphatic heterocycles. The molecule has 0 aromatic heterocycles. The van der Waals surface area contributed by atoms with Crippen LogP contribution in [0, 0.1) is 0 Å².